The van der Waals surface area contributed by atoms with Crippen molar-refractivity contribution in [2.24, 2.45) is 0 Å². The molecule has 0 spiro atoms. The molecule has 2 radical (unpaired) electrons. The summed E-state index contributed by atoms with van der Waals surface area (Å²) < 4.78 is 0. The zero-order valence-electron chi connectivity index (χ0n) is 12.6. The first-order valence-corrected chi connectivity index (χ1v) is 7.91. The molecule has 0 aromatic carbocycles. The van der Waals surface area contributed by atoms with E-state index in [-0.39, 0.29) is 27.3 Å². The van der Waals surface area contributed by atoms with Gasteiger partial charge in [0.2, 0.25) is 0 Å². The third-order valence-corrected chi connectivity index (χ3v) is 3.46. The van der Waals surface area contributed by atoms with Crippen LogP contribution >= 0.6 is 0 Å². The quantitative estimate of drug-likeness (QED) is 0.262. The van der Waals surface area contributed by atoms with Gasteiger partial charge in [0, 0.05) is 0 Å². The molecular formula is C16H36Pb. The van der Waals surface area contributed by atoms with E-state index in [1.54, 1.807) is 0 Å². The van der Waals surface area contributed by atoms with Crippen molar-refractivity contribution in [3.63, 3.8) is 0 Å². The van der Waals surface area contributed by atoms with Gasteiger partial charge in [-0.05, 0) is 0 Å². The Morgan fingerprint density at radius 3 is 0.706 bits per heavy atom. The summed E-state index contributed by atoms with van der Waals surface area (Å²) in [4.78, 5) is 0. The van der Waals surface area contributed by atoms with Gasteiger partial charge in [-0.1, -0.05) is 104 Å². The fraction of sp³-hybridized carbons (Fsp3) is 1.00. The van der Waals surface area contributed by atoms with Gasteiger partial charge in [-0.3, -0.25) is 0 Å². The van der Waals surface area contributed by atoms with Crippen molar-refractivity contribution in [2.75, 3.05) is 0 Å². The van der Waals surface area contributed by atoms with E-state index in [0.29, 0.717) is 0 Å². The van der Waals surface area contributed by atoms with E-state index in [4.69, 9.17) is 0 Å². The molecule has 0 aliphatic rings. The van der Waals surface area contributed by atoms with Crippen LogP contribution in [0.3, 0.4) is 0 Å². The van der Waals surface area contributed by atoms with Crippen molar-refractivity contribution in [2.45, 2.75) is 104 Å². The van der Waals surface area contributed by atoms with E-state index >= 15 is 0 Å². The van der Waals surface area contributed by atoms with E-state index in [1.165, 1.54) is 89.9 Å². The Balaban J connectivity index is 0. The summed E-state index contributed by atoms with van der Waals surface area (Å²) in [5.74, 6) is 0. The van der Waals surface area contributed by atoms with Crippen LogP contribution in [0.15, 0.2) is 0 Å². The summed E-state index contributed by atoms with van der Waals surface area (Å²) in [5, 5.41) is 0. The molecule has 104 valence electrons. The van der Waals surface area contributed by atoms with E-state index in [0.717, 1.165) is 0 Å². The fourth-order valence-electron chi connectivity index (χ4n) is 2.27. The molecule has 0 saturated carbocycles. The zero-order valence-corrected chi connectivity index (χ0v) is 18.1. The van der Waals surface area contributed by atoms with Crippen LogP contribution in [0.25, 0.3) is 0 Å². The van der Waals surface area contributed by atoms with Gasteiger partial charge in [0.05, 0.1) is 0 Å². The summed E-state index contributed by atoms with van der Waals surface area (Å²) >= 11 is 0. The standard InChI is InChI=1S/C16H34.Pb.2H/c1-3-5-7-9-11-13-15-16-14-12-10-8-6-4-2;;;/h3-16H2,1-2H3;;;. The van der Waals surface area contributed by atoms with Crippen molar-refractivity contribution >= 4 is 27.3 Å². The summed E-state index contributed by atoms with van der Waals surface area (Å²) in [6.45, 7) is 4.58. The monoisotopic (exact) mass is 436 g/mol. The molecule has 0 aliphatic heterocycles. The maximum absolute atomic E-state index is 2.29. The molecule has 0 N–H and O–H groups in total. The van der Waals surface area contributed by atoms with Gasteiger partial charge in [0.1, 0.15) is 0 Å². The van der Waals surface area contributed by atoms with Crippen LogP contribution in [-0.4, -0.2) is 27.3 Å². The third kappa shape index (κ3) is 19.4. The summed E-state index contributed by atoms with van der Waals surface area (Å²) in [7, 11) is 0. The van der Waals surface area contributed by atoms with Gasteiger partial charge in [-0.25, -0.2) is 0 Å². The molecular weight excluding hydrogens is 399 g/mol. The molecule has 0 aliphatic carbocycles. The molecule has 17 heavy (non-hydrogen) atoms. The number of hydrogen-bond acceptors (Lipinski definition) is 0. The Morgan fingerprint density at radius 2 is 0.529 bits per heavy atom. The van der Waals surface area contributed by atoms with E-state index < -0.39 is 0 Å². The minimum absolute atomic E-state index is 0. The first-order valence-electron chi connectivity index (χ1n) is 7.91. The Bertz CT molecular complexity index is 98.1. The fourth-order valence-corrected chi connectivity index (χ4v) is 2.27. The van der Waals surface area contributed by atoms with Crippen LogP contribution < -0.4 is 0 Å². The molecule has 0 rings (SSSR count). The number of rotatable bonds is 13. The van der Waals surface area contributed by atoms with E-state index in [2.05, 4.69) is 13.8 Å². The molecule has 0 fully saturated rings. The molecule has 0 nitrogen and oxygen atoms in total. The Kier molecular flexibility index (Phi) is 22.9. The third-order valence-electron chi connectivity index (χ3n) is 3.46. The summed E-state index contributed by atoms with van der Waals surface area (Å²) in [6, 6.07) is 0. The van der Waals surface area contributed by atoms with Gasteiger partial charge < -0.3 is 0 Å². The second-order valence-electron chi connectivity index (χ2n) is 5.24. The van der Waals surface area contributed by atoms with Crippen molar-refractivity contribution < 1.29 is 0 Å². The Hall–Kier alpha value is 0.922. The second-order valence-corrected chi connectivity index (χ2v) is 5.24. The molecule has 0 aromatic rings. The van der Waals surface area contributed by atoms with Crippen LogP contribution in [0.4, 0.5) is 0 Å². The van der Waals surface area contributed by atoms with Crippen LogP contribution in [0.5, 0.6) is 0 Å². The van der Waals surface area contributed by atoms with Crippen molar-refractivity contribution in [3.05, 3.63) is 0 Å². The van der Waals surface area contributed by atoms with Crippen LogP contribution in [0.1, 0.15) is 104 Å². The predicted octanol–water partition coefficient (Wildman–Crippen LogP) is 5.57. The second kappa shape index (κ2) is 19.3. The van der Waals surface area contributed by atoms with E-state index in [9.17, 15) is 0 Å². The van der Waals surface area contributed by atoms with Gasteiger partial charge in [-0.2, -0.15) is 0 Å². The molecule has 0 saturated heterocycles. The van der Waals surface area contributed by atoms with E-state index in [1.807, 2.05) is 0 Å². The molecule has 0 bridgehead atoms. The normalized spacial score (nSPS) is 10.2. The van der Waals surface area contributed by atoms with Gasteiger partial charge in [-0.15, -0.1) is 0 Å². The SMILES string of the molecule is CCCCCCCCCCCCCCCC.[PbH2]. The van der Waals surface area contributed by atoms with Gasteiger partial charge in [0.15, 0.2) is 0 Å². The first kappa shape index (κ1) is 20.2. The zero-order chi connectivity index (χ0) is 11.9. The average molecular weight is 436 g/mol. The molecule has 0 atom stereocenters. The Labute approximate surface area is 130 Å². The molecule has 1 heteroatoms. The predicted molar refractivity (Wildman–Crippen MR) is 84.5 cm³/mol. The molecule has 0 heterocycles. The van der Waals surface area contributed by atoms with Crippen LogP contribution in [0.2, 0.25) is 0 Å². The molecule has 0 unspecified atom stereocenters. The average Bonchev–Trinajstić information content (AvgIpc) is 2.31. The summed E-state index contributed by atoms with van der Waals surface area (Å²) in [5.41, 5.74) is 0. The van der Waals surface area contributed by atoms with Crippen molar-refractivity contribution in [1.82, 2.24) is 0 Å². The van der Waals surface area contributed by atoms with Gasteiger partial charge >= 0.3 is 27.3 Å². The Morgan fingerprint density at radius 1 is 0.353 bits per heavy atom. The summed E-state index contributed by atoms with van der Waals surface area (Å²) in [6.07, 6.45) is 20.4. The molecule has 0 amide bonds. The topological polar surface area (TPSA) is 0 Å². The van der Waals surface area contributed by atoms with Crippen molar-refractivity contribution in [3.8, 4) is 0 Å². The van der Waals surface area contributed by atoms with Crippen LogP contribution in [0, 0.1) is 0 Å². The van der Waals surface area contributed by atoms with Gasteiger partial charge in [0.25, 0.3) is 0 Å². The first-order chi connectivity index (χ1) is 7.91. The van der Waals surface area contributed by atoms with Crippen LogP contribution in [-0.2, 0) is 0 Å². The number of hydrogen-bond donors (Lipinski definition) is 0. The minimum atomic E-state index is 0. The number of unbranched alkanes of at least 4 members (excludes halogenated alkanes) is 13. The maximum atomic E-state index is 2.29. The molecule has 0 aromatic heterocycles. The van der Waals surface area contributed by atoms with Crippen molar-refractivity contribution in [1.29, 1.82) is 0 Å².